The Hall–Kier alpha value is -2.85. The molecule has 4 N–H and O–H groups in total. The summed E-state index contributed by atoms with van der Waals surface area (Å²) in [5.41, 5.74) is 2.48. The van der Waals surface area contributed by atoms with Crippen LogP contribution in [0.1, 0.15) is 37.6 Å². The van der Waals surface area contributed by atoms with Gasteiger partial charge in [0.05, 0.1) is 21.7 Å². The maximum atomic E-state index is 12.8. The predicted molar refractivity (Wildman–Crippen MR) is 131 cm³/mol. The summed E-state index contributed by atoms with van der Waals surface area (Å²) in [6, 6.07) is 5.15. The Morgan fingerprint density at radius 2 is 1.94 bits per heavy atom. The monoisotopic (exact) mass is 471 g/mol. The van der Waals surface area contributed by atoms with Crippen LogP contribution in [0.2, 0.25) is 0 Å². The van der Waals surface area contributed by atoms with Crippen LogP contribution >= 0.6 is 23.1 Å². The Balaban J connectivity index is 1.52. The third kappa shape index (κ3) is 4.51. The number of hydrogen-bond acceptors (Lipinski definition) is 6. The number of rotatable bonds is 7. The van der Waals surface area contributed by atoms with Gasteiger partial charge in [0.1, 0.15) is 4.83 Å². The number of aryl methyl sites for hydroxylation is 1. The number of anilines is 1. The van der Waals surface area contributed by atoms with Gasteiger partial charge in [-0.05, 0) is 49.9 Å². The molecule has 2 atom stereocenters. The Labute approximate surface area is 192 Å². The molecule has 2 unspecified atom stereocenters. The molecular formula is C22H25N5O3S2. The van der Waals surface area contributed by atoms with Crippen molar-refractivity contribution in [3.63, 3.8) is 0 Å². The molecule has 4 rings (SSSR count). The first kappa shape index (κ1) is 22.3. The van der Waals surface area contributed by atoms with Crippen LogP contribution in [0.4, 0.5) is 5.69 Å². The summed E-state index contributed by atoms with van der Waals surface area (Å²) in [6.45, 7) is 8.12. The first-order chi connectivity index (χ1) is 15.2. The Kier molecular flexibility index (Phi) is 6.25. The Morgan fingerprint density at radius 3 is 2.69 bits per heavy atom. The zero-order chi connectivity index (χ0) is 23.0. The minimum absolute atomic E-state index is 0.158. The van der Waals surface area contributed by atoms with Gasteiger partial charge in [0.25, 0.3) is 5.56 Å². The molecule has 168 valence electrons. The van der Waals surface area contributed by atoms with E-state index in [2.05, 4.69) is 39.1 Å². The summed E-state index contributed by atoms with van der Waals surface area (Å²) in [4.78, 5) is 51.6. The molecule has 0 radical (unpaired) electrons. The molecule has 0 saturated heterocycles. The van der Waals surface area contributed by atoms with E-state index < -0.39 is 5.25 Å². The van der Waals surface area contributed by atoms with E-state index in [1.165, 1.54) is 23.1 Å². The maximum absolute atomic E-state index is 12.8. The Bertz CT molecular complexity index is 1410. The molecule has 4 aromatic rings. The van der Waals surface area contributed by atoms with Crippen LogP contribution in [0, 0.1) is 12.8 Å². The molecular weight excluding hydrogens is 446 g/mol. The van der Waals surface area contributed by atoms with Gasteiger partial charge in [-0.25, -0.2) is 9.78 Å². The first-order valence-electron chi connectivity index (χ1n) is 10.5. The van der Waals surface area contributed by atoms with Crippen molar-refractivity contribution in [3.05, 3.63) is 49.5 Å². The fourth-order valence-corrected chi connectivity index (χ4v) is 5.43. The predicted octanol–water partition coefficient (Wildman–Crippen LogP) is 4.17. The molecule has 3 aromatic heterocycles. The van der Waals surface area contributed by atoms with E-state index >= 15 is 0 Å². The number of fused-ring (bicyclic) bond motifs is 2. The smallest absolute Gasteiger partial charge is 0.323 e. The second kappa shape index (κ2) is 8.95. The molecule has 0 spiro atoms. The molecule has 10 heteroatoms. The van der Waals surface area contributed by atoms with E-state index in [9.17, 15) is 14.4 Å². The number of hydrogen-bond donors (Lipinski definition) is 4. The molecule has 0 fully saturated rings. The molecule has 0 aliphatic heterocycles. The van der Waals surface area contributed by atoms with E-state index in [0.717, 1.165) is 23.3 Å². The van der Waals surface area contributed by atoms with Crippen molar-refractivity contribution in [3.8, 4) is 0 Å². The van der Waals surface area contributed by atoms with Crippen molar-refractivity contribution in [2.24, 2.45) is 5.92 Å². The molecule has 0 saturated carbocycles. The molecule has 32 heavy (non-hydrogen) atoms. The lowest BCUT2D eigenvalue weighted by atomic mass is 9.98. The van der Waals surface area contributed by atoms with Gasteiger partial charge in [-0.15, -0.1) is 11.3 Å². The number of thioether (sulfide) groups is 1. The summed E-state index contributed by atoms with van der Waals surface area (Å²) in [5, 5.41) is 3.45. The number of nitrogens with zero attached hydrogens (tertiary/aromatic N) is 1. The number of carbonyl (C=O) groups excluding carboxylic acids is 1. The summed E-state index contributed by atoms with van der Waals surface area (Å²) in [6.07, 6.45) is 1.91. The number of benzene rings is 1. The van der Waals surface area contributed by atoms with Gasteiger partial charge in [0, 0.05) is 10.6 Å². The topological polar surface area (TPSA) is 123 Å². The van der Waals surface area contributed by atoms with Crippen molar-refractivity contribution < 1.29 is 4.79 Å². The molecule has 0 bridgehead atoms. The van der Waals surface area contributed by atoms with E-state index in [4.69, 9.17) is 0 Å². The van der Waals surface area contributed by atoms with Crippen molar-refractivity contribution in [2.45, 2.75) is 50.9 Å². The first-order valence-corrected chi connectivity index (χ1v) is 12.2. The van der Waals surface area contributed by atoms with Crippen molar-refractivity contribution in [1.29, 1.82) is 0 Å². The van der Waals surface area contributed by atoms with Crippen LogP contribution in [-0.2, 0) is 11.2 Å². The van der Waals surface area contributed by atoms with Crippen LogP contribution in [0.3, 0.4) is 0 Å². The van der Waals surface area contributed by atoms with Crippen molar-refractivity contribution >= 4 is 55.9 Å². The van der Waals surface area contributed by atoms with Crippen LogP contribution in [-0.4, -0.2) is 31.1 Å². The van der Waals surface area contributed by atoms with Crippen LogP contribution in [0.25, 0.3) is 21.3 Å². The van der Waals surface area contributed by atoms with Gasteiger partial charge in [0.15, 0.2) is 5.16 Å². The molecule has 1 aromatic carbocycles. The summed E-state index contributed by atoms with van der Waals surface area (Å²) in [5.74, 6) is 0.266. The summed E-state index contributed by atoms with van der Waals surface area (Å²) < 4.78 is 0. The summed E-state index contributed by atoms with van der Waals surface area (Å²) in [7, 11) is 0. The van der Waals surface area contributed by atoms with Crippen LogP contribution < -0.4 is 16.6 Å². The van der Waals surface area contributed by atoms with Crippen molar-refractivity contribution in [2.75, 3.05) is 5.32 Å². The van der Waals surface area contributed by atoms with Gasteiger partial charge >= 0.3 is 5.69 Å². The van der Waals surface area contributed by atoms with Gasteiger partial charge in [-0.1, -0.05) is 32.0 Å². The van der Waals surface area contributed by atoms with Gasteiger partial charge in [0.2, 0.25) is 5.91 Å². The SMILES string of the molecule is CCC(C)Cc1c(C)sc2nc(SC(C)C(=O)Nc3ccc4[nH]c(=O)[nH]c4c3)[nH]c(=O)c12. The molecule has 0 aliphatic rings. The number of aromatic amines is 3. The van der Waals surface area contributed by atoms with E-state index in [1.807, 2.05) is 6.92 Å². The zero-order valence-electron chi connectivity index (χ0n) is 18.3. The Morgan fingerprint density at radius 1 is 1.19 bits per heavy atom. The average molecular weight is 472 g/mol. The highest BCUT2D eigenvalue weighted by atomic mass is 32.2. The van der Waals surface area contributed by atoms with E-state index in [-0.39, 0.29) is 17.2 Å². The highest BCUT2D eigenvalue weighted by Gasteiger charge is 2.20. The van der Waals surface area contributed by atoms with Crippen molar-refractivity contribution in [1.82, 2.24) is 19.9 Å². The lowest BCUT2D eigenvalue weighted by molar-refractivity contribution is -0.115. The number of H-pyrrole nitrogens is 3. The summed E-state index contributed by atoms with van der Waals surface area (Å²) >= 11 is 2.73. The minimum Gasteiger partial charge on any atom is -0.325 e. The largest absolute Gasteiger partial charge is 0.325 e. The number of carbonyl (C=O) groups is 1. The van der Waals surface area contributed by atoms with Gasteiger partial charge in [-0.2, -0.15) is 0 Å². The highest BCUT2D eigenvalue weighted by molar-refractivity contribution is 8.00. The number of aromatic nitrogens is 4. The van der Waals surface area contributed by atoms with E-state index in [1.54, 1.807) is 25.1 Å². The molecule has 8 nitrogen and oxygen atoms in total. The van der Waals surface area contributed by atoms with Gasteiger partial charge in [-0.3, -0.25) is 9.59 Å². The molecule has 0 aliphatic carbocycles. The fraction of sp³-hybridized carbons (Fsp3) is 0.364. The normalized spacial score (nSPS) is 13.5. The fourth-order valence-electron chi connectivity index (χ4n) is 3.53. The maximum Gasteiger partial charge on any atom is 0.323 e. The molecule has 3 heterocycles. The number of nitrogens with one attached hydrogen (secondary N) is 4. The average Bonchev–Trinajstić information content (AvgIpc) is 3.26. The minimum atomic E-state index is -0.489. The standard InChI is InChI=1S/C22H25N5O3S2/c1-5-10(2)8-14-11(3)31-20-17(14)19(29)26-22(27-20)32-12(4)18(28)23-13-6-7-15-16(9-13)25-21(30)24-15/h6-7,9-10,12H,5,8H2,1-4H3,(H,23,28)(H2,24,25,30)(H,26,27,29). The third-order valence-electron chi connectivity index (χ3n) is 5.53. The third-order valence-corrected chi connectivity index (χ3v) is 7.56. The quantitative estimate of drug-likeness (QED) is 0.238. The number of imidazole rings is 1. The second-order valence-corrected chi connectivity index (χ2v) is 10.5. The number of thiophene rings is 1. The zero-order valence-corrected chi connectivity index (χ0v) is 19.9. The van der Waals surface area contributed by atoms with E-state index in [0.29, 0.717) is 38.0 Å². The lowest BCUT2D eigenvalue weighted by Crippen LogP contribution is -2.23. The van der Waals surface area contributed by atoms with Crippen LogP contribution in [0.15, 0.2) is 32.9 Å². The van der Waals surface area contributed by atoms with Gasteiger partial charge < -0.3 is 20.3 Å². The van der Waals surface area contributed by atoms with Crippen LogP contribution in [0.5, 0.6) is 0 Å². The second-order valence-electron chi connectivity index (χ2n) is 7.99. The lowest BCUT2D eigenvalue weighted by Gasteiger charge is -2.12. The molecule has 1 amide bonds. The number of amides is 1. The highest BCUT2D eigenvalue weighted by Crippen LogP contribution is 2.31.